The molecule has 0 amide bonds. The molecule has 2 heterocycles. The summed E-state index contributed by atoms with van der Waals surface area (Å²) in [7, 11) is 0. The van der Waals surface area contributed by atoms with Gasteiger partial charge in [-0.3, -0.25) is 4.79 Å². The average molecular weight is 190 g/mol. The second kappa shape index (κ2) is 3.14. The number of hydrogen-bond acceptors (Lipinski definition) is 2. The first-order chi connectivity index (χ1) is 6.66. The van der Waals surface area contributed by atoms with E-state index in [1.807, 2.05) is 19.1 Å². The van der Waals surface area contributed by atoms with Crippen LogP contribution < -0.4 is 0 Å². The summed E-state index contributed by atoms with van der Waals surface area (Å²) < 4.78 is 0. The molecule has 0 saturated carbocycles. The maximum absolute atomic E-state index is 10.5. The van der Waals surface area contributed by atoms with Gasteiger partial charge in [0.05, 0.1) is 6.42 Å². The van der Waals surface area contributed by atoms with Crippen molar-refractivity contribution in [2.24, 2.45) is 0 Å². The fourth-order valence-electron chi connectivity index (χ4n) is 1.47. The highest BCUT2D eigenvalue weighted by atomic mass is 16.4. The summed E-state index contributed by atoms with van der Waals surface area (Å²) in [6.45, 7) is 1.90. The molecule has 0 bridgehead atoms. The fraction of sp³-hybridized carbons (Fsp3) is 0.200. The molecule has 0 aromatic carbocycles. The molecule has 72 valence electrons. The Morgan fingerprint density at radius 2 is 2.36 bits per heavy atom. The Morgan fingerprint density at radius 1 is 1.57 bits per heavy atom. The molecule has 14 heavy (non-hydrogen) atoms. The number of aromatic nitrogens is 2. The number of carboxylic acid groups (broad SMARTS) is 1. The van der Waals surface area contributed by atoms with Crippen LogP contribution >= 0.6 is 0 Å². The van der Waals surface area contributed by atoms with Crippen molar-refractivity contribution in [1.29, 1.82) is 0 Å². The van der Waals surface area contributed by atoms with Gasteiger partial charge in [-0.05, 0) is 24.6 Å². The topological polar surface area (TPSA) is 66.0 Å². The predicted octanol–water partition coefficient (Wildman–Crippen LogP) is 1.50. The minimum absolute atomic E-state index is 0.0325. The highest BCUT2D eigenvalue weighted by Gasteiger charge is 2.07. The summed E-state index contributed by atoms with van der Waals surface area (Å²) in [5, 5.41) is 9.55. The van der Waals surface area contributed by atoms with E-state index < -0.39 is 5.97 Å². The quantitative estimate of drug-likeness (QED) is 0.754. The van der Waals surface area contributed by atoms with Crippen LogP contribution in [0.2, 0.25) is 0 Å². The molecule has 0 aliphatic carbocycles. The van der Waals surface area contributed by atoms with Crippen molar-refractivity contribution >= 4 is 17.0 Å². The number of fused-ring (bicyclic) bond motifs is 1. The number of hydrogen-bond donors (Lipinski definition) is 2. The number of H-pyrrole nitrogens is 1. The van der Waals surface area contributed by atoms with E-state index in [-0.39, 0.29) is 6.42 Å². The van der Waals surface area contributed by atoms with Crippen molar-refractivity contribution < 1.29 is 9.90 Å². The van der Waals surface area contributed by atoms with Gasteiger partial charge in [-0.2, -0.15) is 0 Å². The van der Waals surface area contributed by atoms with Gasteiger partial charge < -0.3 is 10.1 Å². The number of pyridine rings is 1. The third-order valence-electron chi connectivity index (χ3n) is 2.11. The first kappa shape index (κ1) is 8.74. The van der Waals surface area contributed by atoms with Gasteiger partial charge in [0, 0.05) is 17.3 Å². The molecule has 0 aliphatic rings. The first-order valence-electron chi connectivity index (χ1n) is 4.32. The SMILES string of the molecule is Cc1ccc2c(CC(=O)O)c[nH]c2n1. The lowest BCUT2D eigenvalue weighted by atomic mass is 10.1. The van der Waals surface area contributed by atoms with E-state index in [2.05, 4.69) is 9.97 Å². The summed E-state index contributed by atoms with van der Waals surface area (Å²) in [5.74, 6) is -0.827. The smallest absolute Gasteiger partial charge is 0.307 e. The van der Waals surface area contributed by atoms with E-state index in [1.165, 1.54) is 0 Å². The second-order valence-corrected chi connectivity index (χ2v) is 3.23. The lowest BCUT2D eigenvalue weighted by Gasteiger charge is -1.94. The van der Waals surface area contributed by atoms with Gasteiger partial charge in [-0.25, -0.2) is 4.98 Å². The summed E-state index contributed by atoms with van der Waals surface area (Å²) in [6.07, 6.45) is 1.73. The number of carbonyl (C=O) groups is 1. The van der Waals surface area contributed by atoms with Crippen molar-refractivity contribution in [1.82, 2.24) is 9.97 Å². The van der Waals surface area contributed by atoms with Gasteiger partial charge in [0.2, 0.25) is 0 Å². The van der Waals surface area contributed by atoms with Crippen LogP contribution in [0.5, 0.6) is 0 Å². The lowest BCUT2D eigenvalue weighted by molar-refractivity contribution is -0.136. The minimum Gasteiger partial charge on any atom is -0.481 e. The molecule has 0 saturated heterocycles. The maximum atomic E-state index is 10.5. The van der Waals surface area contributed by atoms with E-state index in [1.54, 1.807) is 6.20 Å². The Labute approximate surface area is 80.6 Å². The van der Waals surface area contributed by atoms with Gasteiger partial charge >= 0.3 is 5.97 Å². The number of nitrogens with zero attached hydrogens (tertiary/aromatic N) is 1. The third-order valence-corrected chi connectivity index (χ3v) is 2.11. The molecular weight excluding hydrogens is 180 g/mol. The summed E-state index contributed by atoms with van der Waals surface area (Å²) in [4.78, 5) is 17.8. The molecule has 0 atom stereocenters. The van der Waals surface area contributed by atoms with Crippen LogP contribution in [0.4, 0.5) is 0 Å². The zero-order valence-corrected chi connectivity index (χ0v) is 7.74. The number of rotatable bonds is 2. The van der Waals surface area contributed by atoms with Crippen molar-refractivity contribution in [3.63, 3.8) is 0 Å². The Bertz CT molecular complexity index is 488. The van der Waals surface area contributed by atoms with Crippen LogP contribution in [-0.2, 0) is 11.2 Å². The first-order valence-corrected chi connectivity index (χ1v) is 4.32. The van der Waals surface area contributed by atoms with Crippen molar-refractivity contribution in [2.45, 2.75) is 13.3 Å². The molecule has 0 aliphatic heterocycles. The predicted molar refractivity (Wildman–Crippen MR) is 52.2 cm³/mol. The number of aliphatic carboxylic acids is 1. The average Bonchev–Trinajstić information content (AvgIpc) is 2.47. The highest BCUT2D eigenvalue weighted by Crippen LogP contribution is 2.17. The van der Waals surface area contributed by atoms with Crippen LogP contribution in [0.15, 0.2) is 18.3 Å². The molecule has 0 fully saturated rings. The van der Waals surface area contributed by atoms with Gasteiger partial charge in [-0.15, -0.1) is 0 Å². The zero-order valence-electron chi connectivity index (χ0n) is 7.74. The van der Waals surface area contributed by atoms with Gasteiger partial charge in [0.15, 0.2) is 0 Å². The van der Waals surface area contributed by atoms with Crippen LogP contribution in [-0.4, -0.2) is 21.0 Å². The van der Waals surface area contributed by atoms with Crippen LogP contribution in [0, 0.1) is 6.92 Å². The molecular formula is C10H10N2O2. The number of aryl methyl sites for hydroxylation is 1. The van der Waals surface area contributed by atoms with E-state index >= 15 is 0 Å². The van der Waals surface area contributed by atoms with Crippen molar-refractivity contribution in [2.75, 3.05) is 0 Å². The Morgan fingerprint density at radius 3 is 3.07 bits per heavy atom. The monoisotopic (exact) mass is 190 g/mol. The van der Waals surface area contributed by atoms with Gasteiger partial charge in [0.25, 0.3) is 0 Å². The largest absolute Gasteiger partial charge is 0.481 e. The molecule has 2 aromatic rings. The summed E-state index contributed by atoms with van der Waals surface area (Å²) in [5.41, 5.74) is 2.45. The van der Waals surface area contributed by atoms with Crippen LogP contribution in [0.3, 0.4) is 0 Å². The Balaban J connectivity index is 2.52. The number of nitrogens with one attached hydrogen (secondary N) is 1. The Hall–Kier alpha value is -1.84. The number of aromatic amines is 1. The highest BCUT2D eigenvalue weighted by molar-refractivity contribution is 5.84. The fourth-order valence-corrected chi connectivity index (χ4v) is 1.47. The zero-order chi connectivity index (χ0) is 10.1. The summed E-state index contributed by atoms with van der Waals surface area (Å²) in [6, 6.07) is 3.77. The third kappa shape index (κ3) is 1.46. The molecule has 0 radical (unpaired) electrons. The molecule has 4 heteroatoms. The molecule has 0 spiro atoms. The van der Waals surface area contributed by atoms with E-state index in [0.717, 1.165) is 22.3 Å². The molecule has 2 aromatic heterocycles. The summed E-state index contributed by atoms with van der Waals surface area (Å²) >= 11 is 0. The molecule has 2 rings (SSSR count). The van der Waals surface area contributed by atoms with Crippen molar-refractivity contribution in [3.05, 3.63) is 29.6 Å². The Kier molecular flexibility index (Phi) is 1.96. The molecule has 2 N–H and O–H groups in total. The van der Waals surface area contributed by atoms with E-state index in [0.29, 0.717) is 0 Å². The molecule has 4 nitrogen and oxygen atoms in total. The van der Waals surface area contributed by atoms with E-state index in [4.69, 9.17) is 5.11 Å². The van der Waals surface area contributed by atoms with Gasteiger partial charge in [0.1, 0.15) is 5.65 Å². The standard InChI is InChI=1S/C10H10N2O2/c1-6-2-3-8-7(4-9(13)14)5-11-10(8)12-6/h2-3,5H,4H2,1H3,(H,11,12)(H,13,14). The normalized spacial score (nSPS) is 10.6. The molecule has 0 unspecified atom stereocenters. The van der Waals surface area contributed by atoms with Crippen LogP contribution in [0.25, 0.3) is 11.0 Å². The number of carboxylic acids is 1. The van der Waals surface area contributed by atoms with E-state index in [9.17, 15) is 4.79 Å². The van der Waals surface area contributed by atoms with Crippen molar-refractivity contribution in [3.8, 4) is 0 Å². The van der Waals surface area contributed by atoms with Crippen LogP contribution in [0.1, 0.15) is 11.3 Å². The maximum Gasteiger partial charge on any atom is 0.307 e. The van der Waals surface area contributed by atoms with Gasteiger partial charge in [-0.1, -0.05) is 0 Å². The second-order valence-electron chi connectivity index (χ2n) is 3.23. The lowest BCUT2D eigenvalue weighted by Crippen LogP contribution is -1.98. The minimum atomic E-state index is -0.827.